The van der Waals surface area contributed by atoms with Crippen LogP contribution in [0.3, 0.4) is 0 Å². The van der Waals surface area contributed by atoms with Crippen LogP contribution in [0.4, 0.5) is 9.18 Å². The highest BCUT2D eigenvalue weighted by molar-refractivity contribution is 6.30. The molecule has 0 radical (unpaired) electrons. The smallest absolute Gasteiger partial charge is 0.449 e. The van der Waals surface area contributed by atoms with Gasteiger partial charge in [0.1, 0.15) is 12.1 Å². The van der Waals surface area contributed by atoms with Gasteiger partial charge in [-0.3, -0.25) is 0 Å². The Morgan fingerprint density at radius 2 is 2.29 bits per heavy atom. The van der Waals surface area contributed by atoms with Crippen molar-refractivity contribution >= 4 is 17.8 Å². The lowest BCUT2D eigenvalue weighted by Gasteiger charge is -2.02. The lowest BCUT2D eigenvalue weighted by molar-refractivity contribution is 0.142. The summed E-state index contributed by atoms with van der Waals surface area (Å²) in [4.78, 5) is 14.0. The summed E-state index contributed by atoms with van der Waals surface area (Å²) in [5, 5.41) is 8.35. The molecule has 0 saturated heterocycles. The number of ether oxygens (including phenoxy) is 1. The first kappa shape index (κ1) is 11.4. The number of hydrogen-bond donors (Lipinski definition) is 1. The average Bonchev–Trinajstić information content (AvgIpc) is 2.69. The molecule has 88 valence electrons. The van der Waals surface area contributed by atoms with Crippen LogP contribution in [0.2, 0.25) is 5.02 Å². The van der Waals surface area contributed by atoms with Gasteiger partial charge < -0.3 is 14.4 Å². The highest BCUT2D eigenvalue weighted by atomic mass is 35.5. The second-order valence-electron chi connectivity index (χ2n) is 3.09. The molecule has 1 aromatic carbocycles. The highest BCUT2D eigenvalue weighted by Crippen LogP contribution is 2.20. The molecular weight excluding hydrogens is 251 g/mol. The van der Waals surface area contributed by atoms with Gasteiger partial charge in [-0.1, -0.05) is 11.6 Å². The molecule has 0 saturated carbocycles. The molecule has 0 bridgehead atoms. The molecular formula is C10H6ClFN2O3. The van der Waals surface area contributed by atoms with Crippen LogP contribution in [-0.4, -0.2) is 20.8 Å². The average molecular weight is 257 g/mol. The number of benzene rings is 1. The third-order valence-electron chi connectivity index (χ3n) is 1.95. The van der Waals surface area contributed by atoms with Crippen LogP contribution in [0.1, 0.15) is 0 Å². The normalized spacial score (nSPS) is 10.2. The number of aromatic nitrogens is 2. The van der Waals surface area contributed by atoms with Gasteiger partial charge >= 0.3 is 6.16 Å². The van der Waals surface area contributed by atoms with Crippen LogP contribution in [0, 0.1) is 5.82 Å². The van der Waals surface area contributed by atoms with Crippen molar-refractivity contribution in [2.75, 3.05) is 0 Å². The van der Waals surface area contributed by atoms with E-state index in [9.17, 15) is 9.18 Å². The second kappa shape index (κ2) is 4.42. The molecule has 0 amide bonds. The van der Waals surface area contributed by atoms with Gasteiger partial charge in [-0.15, -0.1) is 0 Å². The molecule has 2 rings (SSSR count). The van der Waals surface area contributed by atoms with E-state index in [0.717, 1.165) is 0 Å². The quantitative estimate of drug-likeness (QED) is 0.839. The molecule has 5 nitrogen and oxygen atoms in total. The van der Waals surface area contributed by atoms with Crippen LogP contribution >= 0.6 is 11.6 Å². The molecule has 0 fully saturated rings. The number of rotatable bonds is 2. The number of halogens is 2. The largest absolute Gasteiger partial charge is 0.512 e. The standard InChI is InChI=1S/C10H6ClFN2O3/c11-7-3-6(1-2-8(7)12)14-4-9(13-5-14)17-10(15)16/h1-5H,(H,15,16). The molecule has 0 atom stereocenters. The van der Waals surface area contributed by atoms with Crippen LogP contribution < -0.4 is 4.74 Å². The Morgan fingerprint density at radius 1 is 1.53 bits per heavy atom. The van der Waals surface area contributed by atoms with E-state index < -0.39 is 12.0 Å². The van der Waals surface area contributed by atoms with Gasteiger partial charge in [0.15, 0.2) is 0 Å². The van der Waals surface area contributed by atoms with Gasteiger partial charge in [-0.2, -0.15) is 0 Å². The van der Waals surface area contributed by atoms with Gasteiger partial charge in [0, 0.05) is 5.69 Å². The van der Waals surface area contributed by atoms with Crippen molar-refractivity contribution in [3.05, 3.63) is 41.6 Å². The summed E-state index contributed by atoms with van der Waals surface area (Å²) in [5.41, 5.74) is 0.545. The molecule has 0 aliphatic carbocycles. The maximum Gasteiger partial charge on any atom is 0.512 e. The Balaban J connectivity index is 2.30. The topological polar surface area (TPSA) is 64.3 Å². The molecule has 0 aliphatic heterocycles. The van der Waals surface area contributed by atoms with E-state index in [0.29, 0.717) is 5.69 Å². The molecule has 0 aliphatic rings. The number of imidazole rings is 1. The van der Waals surface area contributed by atoms with Gasteiger partial charge in [-0.25, -0.2) is 14.2 Å². The Bertz CT molecular complexity index is 570. The zero-order valence-electron chi connectivity index (χ0n) is 8.30. The van der Waals surface area contributed by atoms with Crippen molar-refractivity contribution in [3.63, 3.8) is 0 Å². The van der Waals surface area contributed by atoms with Gasteiger partial charge in [0.2, 0.25) is 5.88 Å². The number of carbonyl (C=O) groups is 1. The van der Waals surface area contributed by atoms with Crippen LogP contribution in [0.5, 0.6) is 5.88 Å². The van der Waals surface area contributed by atoms with E-state index in [2.05, 4.69) is 9.72 Å². The van der Waals surface area contributed by atoms with Gasteiger partial charge in [0.25, 0.3) is 0 Å². The fourth-order valence-corrected chi connectivity index (χ4v) is 1.41. The van der Waals surface area contributed by atoms with Crippen molar-refractivity contribution < 1.29 is 19.0 Å². The zero-order chi connectivity index (χ0) is 12.4. The number of nitrogens with zero attached hydrogens (tertiary/aromatic N) is 2. The fraction of sp³-hybridized carbons (Fsp3) is 0. The summed E-state index contributed by atoms with van der Waals surface area (Å²) in [5.74, 6) is -0.601. The summed E-state index contributed by atoms with van der Waals surface area (Å²) in [6.07, 6.45) is 1.23. The molecule has 17 heavy (non-hydrogen) atoms. The SMILES string of the molecule is O=C(O)Oc1cn(-c2ccc(F)c(Cl)c2)cn1. The minimum atomic E-state index is -1.45. The Labute approximate surface area is 100 Å². The monoisotopic (exact) mass is 256 g/mol. The summed E-state index contributed by atoms with van der Waals surface area (Å²) in [6.45, 7) is 0. The Kier molecular flexibility index (Phi) is 2.97. The Morgan fingerprint density at radius 3 is 2.94 bits per heavy atom. The molecule has 1 aromatic heterocycles. The molecule has 2 aromatic rings. The summed E-state index contributed by atoms with van der Waals surface area (Å²) >= 11 is 5.62. The predicted molar refractivity (Wildman–Crippen MR) is 57.2 cm³/mol. The van der Waals surface area contributed by atoms with Crippen molar-refractivity contribution in [2.45, 2.75) is 0 Å². The predicted octanol–water partition coefficient (Wildman–Crippen LogP) is 2.72. The van der Waals surface area contributed by atoms with E-state index >= 15 is 0 Å². The molecule has 1 N–H and O–H groups in total. The minimum absolute atomic E-state index is 0.0306. The first-order chi connectivity index (χ1) is 8.06. The van der Waals surface area contributed by atoms with Gasteiger partial charge in [-0.05, 0) is 18.2 Å². The fourth-order valence-electron chi connectivity index (χ4n) is 1.23. The van der Waals surface area contributed by atoms with Crippen LogP contribution in [-0.2, 0) is 0 Å². The lowest BCUT2D eigenvalue weighted by atomic mass is 10.3. The third kappa shape index (κ3) is 2.54. The Hall–Kier alpha value is -2.08. The van der Waals surface area contributed by atoms with Gasteiger partial charge in [0.05, 0.1) is 11.2 Å². The zero-order valence-corrected chi connectivity index (χ0v) is 9.06. The molecule has 1 heterocycles. The van der Waals surface area contributed by atoms with Crippen LogP contribution in [0.25, 0.3) is 5.69 Å². The second-order valence-corrected chi connectivity index (χ2v) is 3.49. The maximum absolute atomic E-state index is 12.9. The third-order valence-corrected chi connectivity index (χ3v) is 2.24. The maximum atomic E-state index is 12.9. The first-order valence-corrected chi connectivity index (χ1v) is 4.84. The van der Waals surface area contributed by atoms with E-state index in [-0.39, 0.29) is 10.9 Å². The van der Waals surface area contributed by atoms with E-state index in [4.69, 9.17) is 16.7 Å². The highest BCUT2D eigenvalue weighted by Gasteiger charge is 2.07. The minimum Gasteiger partial charge on any atom is -0.449 e. The number of hydrogen-bond acceptors (Lipinski definition) is 3. The van der Waals surface area contributed by atoms with E-state index in [1.54, 1.807) is 0 Å². The summed E-state index contributed by atoms with van der Waals surface area (Å²) in [7, 11) is 0. The molecule has 7 heteroatoms. The summed E-state index contributed by atoms with van der Waals surface area (Å²) < 4.78 is 18.7. The molecule has 0 spiro atoms. The van der Waals surface area contributed by atoms with Crippen molar-refractivity contribution in [1.29, 1.82) is 0 Å². The summed E-state index contributed by atoms with van der Waals surface area (Å²) in [6, 6.07) is 4.08. The van der Waals surface area contributed by atoms with Crippen molar-refractivity contribution in [1.82, 2.24) is 9.55 Å². The van der Waals surface area contributed by atoms with Crippen molar-refractivity contribution in [2.24, 2.45) is 0 Å². The first-order valence-electron chi connectivity index (χ1n) is 4.46. The molecule has 0 unspecified atom stereocenters. The van der Waals surface area contributed by atoms with E-state index in [1.165, 1.54) is 35.3 Å². The number of carboxylic acid groups (broad SMARTS) is 1. The van der Waals surface area contributed by atoms with Crippen molar-refractivity contribution in [3.8, 4) is 11.6 Å². The van der Waals surface area contributed by atoms with E-state index in [1.807, 2.05) is 0 Å². The lowest BCUT2D eigenvalue weighted by Crippen LogP contribution is -2.02. The van der Waals surface area contributed by atoms with Crippen LogP contribution in [0.15, 0.2) is 30.7 Å².